The van der Waals surface area contributed by atoms with Crippen LogP contribution in [-0.4, -0.2) is 21.5 Å². The van der Waals surface area contributed by atoms with Gasteiger partial charge >= 0.3 is 0 Å². The van der Waals surface area contributed by atoms with Crippen LogP contribution in [0.25, 0.3) is 0 Å². The van der Waals surface area contributed by atoms with E-state index in [0.717, 1.165) is 16.8 Å². The molecule has 0 spiro atoms. The Labute approximate surface area is 107 Å². The van der Waals surface area contributed by atoms with Crippen molar-refractivity contribution >= 4 is 0 Å². The number of rotatable bonds is 5. The molecule has 0 radical (unpaired) electrons. The van der Waals surface area contributed by atoms with Gasteiger partial charge in [0.05, 0.1) is 18.3 Å². The van der Waals surface area contributed by atoms with Crippen molar-refractivity contribution in [2.24, 2.45) is 7.05 Å². The molecule has 1 aromatic heterocycles. The first kappa shape index (κ1) is 12.8. The van der Waals surface area contributed by atoms with E-state index in [1.165, 1.54) is 0 Å². The van der Waals surface area contributed by atoms with E-state index in [0.29, 0.717) is 6.54 Å². The molecule has 1 heterocycles. The molecule has 0 aliphatic carbocycles. The number of hydrogen-bond donors (Lipinski definition) is 2. The van der Waals surface area contributed by atoms with Crippen LogP contribution in [0.15, 0.2) is 36.5 Å². The van der Waals surface area contributed by atoms with Crippen molar-refractivity contribution in [3.63, 3.8) is 0 Å². The fourth-order valence-corrected chi connectivity index (χ4v) is 2.03. The molecule has 4 nitrogen and oxygen atoms in total. The molecule has 0 saturated heterocycles. The minimum atomic E-state index is -0.0363. The number of aromatic nitrogens is 2. The monoisotopic (exact) mass is 245 g/mol. The zero-order valence-corrected chi connectivity index (χ0v) is 10.8. The summed E-state index contributed by atoms with van der Waals surface area (Å²) in [5.41, 5.74) is 3.28. The number of benzene rings is 1. The van der Waals surface area contributed by atoms with Gasteiger partial charge < -0.3 is 10.4 Å². The number of aliphatic hydroxyl groups excluding tert-OH is 1. The molecule has 0 amide bonds. The van der Waals surface area contributed by atoms with Gasteiger partial charge in [0.15, 0.2) is 0 Å². The van der Waals surface area contributed by atoms with Crippen molar-refractivity contribution in [2.75, 3.05) is 6.61 Å². The fraction of sp³-hybridized carbons (Fsp3) is 0.357. The van der Waals surface area contributed by atoms with Crippen LogP contribution < -0.4 is 5.32 Å². The van der Waals surface area contributed by atoms with Crippen molar-refractivity contribution in [1.82, 2.24) is 15.1 Å². The normalized spacial score (nSPS) is 12.6. The standard InChI is InChI=1S/C14H19N3O/c1-11-13(9-17(2)16-11)8-15-14(10-18)12-6-4-3-5-7-12/h3-7,9,14-15,18H,8,10H2,1-2H3/t14-/m0/s1. The molecule has 2 aromatic rings. The zero-order valence-electron chi connectivity index (χ0n) is 10.8. The Morgan fingerprint density at radius 3 is 2.61 bits per heavy atom. The molecule has 2 rings (SSSR count). The average Bonchev–Trinajstić information content (AvgIpc) is 2.70. The van der Waals surface area contributed by atoms with Crippen LogP contribution in [0.3, 0.4) is 0 Å². The largest absolute Gasteiger partial charge is 0.394 e. The molecule has 1 aromatic carbocycles. The van der Waals surface area contributed by atoms with Gasteiger partial charge in [-0.05, 0) is 12.5 Å². The first-order valence-electron chi connectivity index (χ1n) is 6.09. The summed E-state index contributed by atoms with van der Waals surface area (Å²) in [4.78, 5) is 0. The Kier molecular flexibility index (Phi) is 4.12. The highest BCUT2D eigenvalue weighted by atomic mass is 16.3. The van der Waals surface area contributed by atoms with Crippen LogP contribution >= 0.6 is 0 Å². The highest BCUT2D eigenvalue weighted by molar-refractivity contribution is 5.20. The highest BCUT2D eigenvalue weighted by Gasteiger charge is 2.10. The van der Waals surface area contributed by atoms with Crippen molar-refractivity contribution < 1.29 is 5.11 Å². The molecular formula is C14H19N3O. The molecule has 0 aliphatic heterocycles. The Morgan fingerprint density at radius 1 is 1.33 bits per heavy atom. The summed E-state index contributed by atoms with van der Waals surface area (Å²) in [6.07, 6.45) is 2.00. The Balaban J connectivity index is 2.02. The van der Waals surface area contributed by atoms with E-state index in [2.05, 4.69) is 10.4 Å². The van der Waals surface area contributed by atoms with Gasteiger partial charge in [0.25, 0.3) is 0 Å². The maximum Gasteiger partial charge on any atom is 0.0638 e. The lowest BCUT2D eigenvalue weighted by Gasteiger charge is -2.16. The quantitative estimate of drug-likeness (QED) is 0.840. The van der Waals surface area contributed by atoms with Crippen LogP contribution in [0.1, 0.15) is 22.9 Å². The maximum atomic E-state index is 9.45. The molecule has 0 aliphatic rings. The first-order valence-corrected chi connectivity index (χ1v) is 6.09. The molecular weight excluding hydrogens is 226 g/mol. The van der Waals surface area contributed by atoms with E-state index >= 15 is 0 Å². The van der Waals surface area contributed by atoms with E-state index < -0.39 is 0 Å². The summed E-state index contributed by atoms with van der Waals surface area (Å²) in [5, 5.41) is 17.1. The summed E-state index contributed by atoms with van der Waals surface area (Å²) in [7, 11) is 1.91. The lowest BCUT2D eigenvalue weighted by molar-refractivity contribution is 0.243. The lowest BCUT2D eigenvalue weighted by atomic mass is 10.1. The summed E-state index contributed by atoms with van der Waals surface area (Å²) in [6.45, 7) is 2.79. The molecule has 96 valence electrons. The second kappa shape index (κ2) is 5.80. The topological polar surface area (TPSA) is 50.1 Å². The van der Waals surface area contributed by atoms with Gasteiger partial charge in [-0.2, -0.15) is 5.10 Å². The van der Waals surface area contributed by atoms with Crippen molar-refractivity contribution in [3.05, 3.63) is 53.3 Å². The second-order valence-corrected chi connectivity index (χ2v) is 4.44. The molecule has 0 fully saturated rings. The third kappa shape index (κ3) is 2.97. The number of aliphatic hydroxyl groups is 1. The third-order valence-electron chi connectivity index (χ3n) is 3.04. The minimum absolute atomic E-state index is 0.0363. The van der Waals surface area contributed by atoms with Gasteiger partial charge in [-0.1, -0.05) is 30.3 Å². The van der Waals surface area contributed by atoms with E-state index in [-0.39, 0.29) is 12.6 Å². The van der Waals surface area contributed by atoms with Crippen LogP contribution in [-0.2, 0) is 13.6 Å². The van der Waals surface area contributed by atoms with Crippen molar-refractivity contribution in [3.8, 4) is 0 Å². The van der Waals surface area contributed by atoms with Crippen molar-refractivity contribution in [1.29, 1.82) is 0 Å². The number of hydrogen-bond acceptors (Lipinski definition) is 3. The first-order chi connectivity index (χ1) is 8.70. The predicted octanol–water partition coefficient (Wildman–Crippen LogP) is 1.55. The smallest absolute Gasteiger partial charge is 0.0638 e. The van der Waals surface area contributed by atoms with E-state index in [4.69, 9.17) is 0 Å². The van der Waals surface area contributed by atoms with Crippen LogP contribution in [0.2, 0.25) is 0 Å². The average molecular weight is 245 g/mol. The van der Waals surface area contributed by atoms with Gasteiger partial charge in [0.2, 0.25) is 0 Å². The Hall–Kier alpha value is -1.65. The second-order valence-electron chi connectivity index (χ2n) is 4.44. The lowest BCUT2D eigenvalue weighted by Crippen LogP contribution is -2.24. The van der Waals surface area contributed by atoms with Crippen LogP contribution in [0.4, 0.5) is 0 Å². The molecule has 0 bridgehead atoms. The molecule has 1 atom stereocenters. The molecule has 0 unspecified atom stereocenters. The summed E-state index contributed by atoms with van der Waals surface area (Å²) in [5.74, 6) is 0. The van der Waals surface area contributed by atoms with E-state index in [1.807, 2.05) is 55.2 Å². The maximum absolute atomic E-state index is 9.45. The fourth-order valence-electron chi connectivity index (χ4n) is 2.03. The van der Waals surface area contributed by atoms with Gasteiger partial charge in [0, 0.05) is 25.4 Å². The van der Waals surface area contributed by atoms with E-state index in [1.54, 1.807) is 0 Å². The van der Waals surface area contributed by atoms with Crippen LogP contribution in [0.5, 0.6) is 0 Å². The highest BCUT2D eigenvalue weighted by Crippen LogP contribution is 2.13. The number of nitrogens with zero attached hydrogens (tertiary/aromatic N) is 2. The predicted molar refractivity (Wildman–Crippen MR) is 71.1 cm³/mol. The molecule has 0 saturated carbocycles. The van der Waals surface area contributed by atoms with E-state index in [9.17, 15) is 5.11 Å². The molecule has 18 heavy (non-hydrogen) atoms. The van der Waals surface area contributed by atoms with Gasteiger partial charge in [-0.3, -0.25) is 4.68 Å². The number of nitrogens with one attached hydrogen (secondary N) is 1. The number of aryl methyl sites for hydroxylation is 2. The van der Waals surface area contributed by atoms with Crippen molar-refractivity contribution in [2.45, 2.75) is 19.5 Å². The van der Waals surface area contributed by atoms with Crippen LogP contribution in [0, 0.1) is 6.92 Å². The zero-order chi connectivity index (χ0) is 13.0. The Bertz CT molecular complexity index is 493. The summed E-state index contributed by atoms with van der Waals surface area (Å²) in [6, 6.07) is 9.94. The Morgan fingerprint density at radius 2 is 2.06 bits per heavy atom. The van der Waals surface area contributed by atoms with Gasteiger partial charge in [0.1, 0.15) is 0 Å². The minimum Gasteiger partial charge on any atom is -0.394 e. The third-order valence-corrected chi connectivity index (χ3v) is 3.04. The molecule has 4 heteroatoms. The van der Waals surface area contributed by atoms with Gasteiger partial charge in [-0.25, -0.2) is 0 Å². The summed E-state index contributed by atoms with van der Waals surface area (Å²) < 4.78 is 1.81. The van der Waals surface area contributed by atoms with Gasteiger partial charge in [-0.15, -0.1) is 0 Å². The summed E-state index contributed by atoms with van der Waals surface area (Å²) >= 11 is 0. The SMILES string of the molecule is Cc1nn(C)cc1CN[C@@H](CO)c1ccccc1. The molecule has 2 N–H and O–H groups in total.